The molecule has 0 atom stereocenters. The highest BCUT2D eigenvalue weighted by Gasteiger charge is 2.38. The van der Waals surface area contributed by atoms with Gasteiger partial charge in [0, 0.05) is 0 Å². The third-order valence-electron chi connectivity index (χ3n) is 5.34. The van der Waals surface area contributed by atoms with Crippen LogP contribution >= 0.6 is 11.3 Å². The molecular weight excluding hydrogens is 352 g/mol. The Hall–Kier alpha value is -2.27. The van der Waals surface area contributed by atoms with E-state index in [1.165, 1.54) is 9.71 Å². The molecular formula is C22H26N4S. The van der Waals surface area contributed by atoms with Gasteiger partial charge in [0.2, 0.25) is 0 Å². The van der Waals surface area contributed by atoms with Crippen molar-refractivity contribution in [3.05, 3.63) is 53.5 Å². The molecule has 4 aromatic rings. The van der Waals surface area contributed by atoms with Gasteiger partial charge in [-0.2, -0.15) is 0 Å². The van der Waals surface area contributed by atoms with Gasteiger partial charge in [-0.3, -0.25) is 0 Å². The summed E-state index contributed by atoms with van der Waals surface area (Å²) in [7, 11) is 0. The smallest absolute Gasteiger partial charge is 0.122 e. The summed E-state index contributed by atoms with van der Waals surface area (Å²) in [4.78, 5) is 5.08. The highest BCUT2D eigenvalue weighted by molar-refractivity contribution is 7.18. The number of benzene rings is 2. The minimum Gasteiger partial charge on any atom is -0.239 e. The van der Waals surface area contributed by atoms with Gasteiger partial charge in [0.05, 0.1) is 15.7 Å². The molecule has 0 radical (unpaired) electrons. The van der Waals surface area contributed by atoms with Gasteiger partial charge in [0.15, 0.2) is 0 Å². The standard InChI is InChI=1S/C22H26N4S/c1-3-5-15-22(16-6-4-2,21-23-18-12-8-10-14-20(18)27-21)26-19-13-9-7-11-17(19)24-25-26/h7-14H,3-6,15-16H2,1-2H3. The first-order valence-electron chi connectivity index (χ1n) is 9.95. The van der Waals surface area contributed by atoms with Gasteiger partial charge in [-0.25, -0.2) is 9.67 Å². The van der Waals surface area contributed by atoms with E-state index in [9.17, 15) is 0 Å². The van der Waals surface area contributed by atoms with Crippen LogP contribution in [-0.4, -0.2) is 20.0 Å². The van der Waals surface area contributed by atoms with Crippen LogP contribution in [0.4, 0.5) is 0 Å². The quantitative estimate of drug-likeness (QED) is 0.368. The Morgan fingerprint density at radius 2 is 1.56 bits per heavy atom. The topological polar surface area (TPSA) is 43.6 Å². The average molecular weight is 379 g/mol. The zero-order valence-electron chi connectivity index (χ0n) is 16.1. The van der Waals surface area contributed by atoms with E-state index in [0.717, 1.165) is 55.1 Å². The molecule has 0 fully saturated rings. The second kappa shape index (κ2) is 7.77. The molecule has 0 unspecified atom stereocenters. The van der Waals surface area contributed by atoms with Gasteiger partial charge in [0.1, 0.15) is 16.1 Å². The summed E-state index contributed by atoms with van der Waals surface area (Å²) in [5.74, 6) is 0. The van der Waals surface area contributed by atoms with Gasteiger partial charge in [-0.15, -0.1) is 16.4 Å². The Balaban J connectivity index is 1.94. The van der Waals surface area contributed by atoms with Crippen LogP contribution in [0.1, 0.15) is 57.4 Å². The second-order valence-electron chi connectivity index (χ2n) is 7.22. The molecule has 0 amide bonds. The lowest BCUT2D eigenvalue weighted by Crippen LogP contribution is -2.36. The van der Waals surface area contributed by atoms with E-state index >= 15 is 0 Å². The largest absolute Gasteiger partial charge is 0.239 e. The van der Waals surface area contributed by atoms with E-state index in [4.69, 9.17) is 4.98 Å². The van der Waals surface area contributed by atoms with Crippen LogP contribution in [0.15, 0.2) is 48.5 Å². The third-order valence-corrected chi connectivity index (χ3v) is 6.57. The molecule has 5 heteroatoms. The summed E-state index contributed by atoms with van der Waals surface area (Å²) in [5, 5.41) is 10.3. The summed E-state index contributed by atoms with van der Waals surface area (Å²) in [5.41, 5.74) is 2.91. The first-order chi connectivity index (χ1) is 13.3. The SMILES string of the molecule is CCCCC(CCCC)(c1nc2ccccc2s1)n1nnc2ccccc21. The van der Waals surface area contributed by atoms with E-state index in [2.05, 4.69) is 65.2 Å². The number of rotatable bonds is 8. The van der Waals surface area contributed by atoms with E-state index < -0.39 is 0 Å². The maximum atomic E-state index is 5.08. The summed E-state index contributed by atoms with van der Waals surface area (Å²) < 4.78 is 3.42. The zero-order chi connectivity index (χ0) is 18.7. The van der Waals surface area contributed by atoms with Crippen LogP contribution in [0.3, 0.4) is 0 Å². The van der Waals surface area contributed by atoms with Gasteiger partial charge in [-0.1, -0.05) is 69.0 Å². The molecule has 2 aromatic heterocycles. The lowest BCUT2D eigenvalue weighted by molar-refractivity contribution is 0.262. The van der Waals surface area contributed by atoms with Crippen LogP contribution in [0.25, 0.3) is 21.3 Å². The number of hydrogen-bond acceptors (Lipinski definition) is 4. The molecule has 0 saturated heterocycles. The Morgan fingerprint density at radius 1 is 0.889 bits per heavy atom. The molecule has 140 valence electrons. The number of hydrogen-bond donors (Lipinski definition) is 0. The predicted molar refractivity (Wildman–Crippen MR) is 113 cm³/mol. The van der Waals surface area contributed by atoms with Crippen molar-refractivity contribution >= 4 is 32.6 Å². The monoisotopic (exact) mass is 378 g/mol. The predicted octanol–water partition coefficient (Wildman–Crippen LogP) is 6.17. The molecule has 0 aliphatic heterocycles. The van der Waals surface area contributed by atoms with Gasteiger partial charge in [-0.05, 0) is 37.1 Å². The molecule has 0 spiro atoms. The molecule has 0 aliphatic rings. The van der Waals surface area contributed by atoms with Gasteiger partial charge in [0.25, 0.3) is 0 Å². The molecule has 0 saturated carbocycles. The van der Waals surface area contributed by atoms with Crippen LogP contribution < -0.4 is 0 Å². The first-order valence-corrected chi connectivity index (χ1v) is 10.8. The minimum absolute atomic E-state index is 0.230. The molecule has 27 heavy (non-hydrogen) atoms. The fourth-order valence-corrected chi connectivity index (χ4v) is 5.03. The fourth-order valence-electron chi connectivity index (χ4n) is 3.84. The highest BCUT2D eigenvalue weighted by atomic mass is 32.1. The molecule has 4 rings (SSSR count). The van der Waals surface area contributed by atoms with Crippen molar-refractivity contribution < 1.29 is 0 Å². The zero-order valence-corrected chi connectivity index (χ0v) is 16.9. The van der Waals surface area contributed by atoms with Crippen molar-refractivity contribution in [2.75, 3.05) is 0 Å². The highest BCUT2D eigenvalue weighted by Crippen LogP contribution is 2.41. The summed E-state index contributed by atoms with van der Waals surface area (Å²) in [6.45, 7) is 4.50. The summed E-state index contributed by atoms with van der Waals surface area (Å²) in [6, 6.07) is 16.7. The molecule has 2 aromatic carbocycles. The van der Waals surface area contributed by atoms with Crippen molar-refractivity contribution in [1.29, 1.82) is 0 Å². The molecule has 2 heterocycles. The Morgan fingerprint density at radius 3 is 2.26 bits per heavy atom. The summed E-state index contributed by atoms with van der Waals surface area (Å²) >= 11 is 1.81. The van der Waals surface area contributed by atoms with E-state index in [-0.39, 0.29) is 5.54 Å². The Labute approximate surface area is 164 Å². The third kappa shape index (κ3) is 3.25. The maximum Gasteiger partial charge on any atom is 0.122 e. The molecule has 4 nitrogen and oxygen atoms in total. The Kier molecular flexibility index (Phi) is 5.21. The number of aromatic nitrogens is 4. The Bertz CT molecular complexity index is 992. The number of fused-ring (bicyclic) bond motifs is 2. The number of thiazole rings is 1. The van der Waals surface area contributed by atoms with Crippen molar-refractivity contribution in [3.63, 3.8) is 0 Å². The van der Waals surface area contributed by atoms with Crippen molar-refractivity contribution in [1.82, 2.24) is 20.0 Å². The fraction of sp³-hybridized carbons (Fsp3) is 0.409. The van der Waals surface area contributed by atoms with Crippen molar-refractivity contribution in [2.45, 2.75) is 57.9 Å². The van der Waals surface area contributed by atoms with Gasteiger partial charge >= 0.3 is 0 Å². The summed E-state index contributed by atoms with van der Waals surface area (Å²) in [6.07, 6.45) is 6.69. The number of para-hydroxylation sites is 2. The lowest BCUT2D eigenvalue weighted by atomic mass is 9.87. The lowest BCUT2D eigenvalue weighted by Gasteiger charge is -2.32. The van der Waals surface area contributed by atoms with Crippen LogP contribution in [0.2, 0.25) is 0 Å². The molecule has 0 N–H and O–H groups in total. The number of unbranched alkanes of at least 4 members (excludes halogenated alkanes) is 2. The van der Waals surface area contributed by atoms with Crippen molar-refractivity contribution in [3.8, 4) is 0 Å². The molecule has 0 bridgehead atoms. The van der Waals surface area contributed by atoms with Gasteiger partial charge < -0.3 is 0 Å². The van der Waals surface area contributed by atoms with E-state index in [1.54, 1.807) is 0 Å². The second-order valence-corrected chi connectivity index (χ2v) is 8.25. The minimum atomic E-state index is -0.230. The average Bonchev–Trinajstić information content (AvgIpc) is 3.33. The van der Waals surface area contributed by atoms with Crippen LogP contribution in [0, 0.1) is 0 Å². The maximum absolute atomic E-state index is 5.08. The van der Waals surface area contributed by atoms with Crippen LogP contribution in [0.5, 0.6) is 0 Å². The molecule has 0 aliphatic carbocycles. The van der Waals surface area contributed by atoms with E-state index in [0.29, 0.717) is 0 Å². The normalized spacial score (nSPS) is 12.2. The van der Waals surface area contributed by atoms with E-state index in [1.807, 2.05) is 23.5 Å². The number of nitrogens with zero attached hydrogens (tertiary/aromatic N) is 4. The van der Waals surface area contributed by atoms with Crippen molar-refractivity contribution in [2.24, 2.45) is 0 Å². The van der Waals surface area contributed by atoms with Crippen LogP contribution in [-0.2, 0) is 5.54 Å². The first kappa shape index (κ1) is 18.1.